The van der Waals surface area contributed by atoms with Crippen LogP contribution in [0.3, 0.4) is 0 Å². The maximum Gasteiger partial charge on any atom is 0.251 e. The van der Waals surface area contributed by atoms with E-state index in [9.17, 15) is 14.0 Å². The topological polar surface area (TPSA) is 78.4 Å². The van der Waals surface area contributed by atoms with E-state index in [1.165, 1.54) is 24.3 Å². The van der Waals surface area contributed by atoms with Gasteiger partial charge in [0.25, 0.3) is 5.91 Å². The molecule has 1 atom stereocenters. The van der Waals surface area contributed by atoms with Crippen LogP contribution < -0.4 is 10.6 Å². The molecule has 0 saturated carbocycles. The predicted octanol–water partition coefficient (Wildman–Crippen LogP) is 1.22. The van der Waals surface area contributed by atoms with Gasteiger partial charge in [-0.3, -0.25) is 9.59 Å². The summed E-state index contributed by atoms with van der Waals surface area (Å²) in [5.74, 6) is -0.781. The molecule has 116 valence electrons. The van der Waals surface area contributed by atoms with E-state index in [1.54, 1.807) is 6.92 Å². The fourth-order valence-corrected chi connectivity index (χ4v) is 1.66. The van der Waals surface area contributed by atoms with Crippen molar-refractivity contribution < 1.29 is 19.1 Å². The zero-order chi connectivity index (χ0) is 15.7. The van der Waals surface area contributed by atoms with Gasteiger partial charge in [-0.1, -0.05) is 0 Å². The second-order valence-corrected chi connectivity index (χ2v) is 4.85. The van der Waals surface area contributed by atoms with Crippen LogP contribution in [-0.2, 0) is 4.79 Å². The molecule has 1 rings (SSSR count). The molecule has 1 aromatic rings. The van der Waals surface area contributed by atoms with Gasteiger partial charge in [-0.15, -0.1) is 0 Å². The van der Waals surface area contributed by atoms with Gasteiger partial charge in [-0.25, -0.2) is 4.39 Å². The summed E-state index contributed by atoms with van der Waals surface area (Å²) >= 11 is 0. The van der Waals surface area contributed by atoms with Crippen molar-refractivity contribution >= 4 is 11.8 Å². The van der Waals surface area contributed by atoms with Crippen LogP contribution >= 0.6 is 0 Å². The normalized spacial score (nSPS) is 11.8. The molecule has 0 saturated heterocycles. The molecule has 0 aliphatic heterocycles. The number of nitrogens with one attached hydrogen (secondary N) is 2. The van der Waals surface area contributed by atoms with Crippen molar-refractivity contribution in [2.75, 3.05) is 13.1 Å². The average Bonchev–Trinajstić information content (AvgIpc) is 2.43. The number of benzene rings is 1. The summed E-state index contributed by atoms with van der Waals surface area (Å²) in [7, 11) is 0. The molecule has 21 heavy (non-hydrogen) atoms. The number of rotatable bonds is 8. The van der Waals surface area contributed by atoms with Crippen molar-refractivity contribution in [2.45, 2.75) is 32.3 Å². The Morgan fingerprint density at radius 3 is 2.48 bits per heavy atom. The highest BCUT2D eigenvalue weighted by molar-refractivity contribution is 5.94. The summed E-state index contributed by atoms with van der Waals surface area (Å²) in [5, 5.41) is 14.4. The molecule has 1 aromatic carbocycles. The molecule has 0 fully saturated rings. The van der Waals surface area contributed by atoms with E-state index < -0.39 is 6.10 Å². The summed E-state index contributed by atoms with van der Waals surface area (Å²) in [5.41, 5.74) is 0.387. The van der Waals surface area contributed by atoms with E-state index in [2.05, 4.69) is 10.6 Å². The molecular weight excluding hydrogens is 275 g/mol. The standard InChI is InChI=1S/C15H21FN2O3/c1-11(19)8-10-17-14(20)3-2-9-18-15(21)12-4-6-13(16)7-5-12/h4-7,11,19H,2-3,8-10H2,1H3,(H,17,20)(H,18,21). The minimum Gasteiger partial charge on any atom is -0.393 e. The Hall–Kier alpha value is -1.95. The maximum atomic E-state index is 12.7. The van der Waals surface area contributed by atoms with Gasteiger partial charge in [0.1, 0.15) is 5.82 Å². The molecule has 0 spiro atoms. The number of halogens is 1. The summed E-state index contributed by atoms with van der Waals surface area (Å²) in [6.07, 6.45) is 0.921. The lowest BCUT2D eigenvalue weighted by molar-refractivity contribution is -0.121. The van der Waals surface area contributed by atoms with Crippen molar-refractivity contribution in [3.63, 3.8) is 0 Å². The number of carbonyl (C=O) groups is 2. The van der Waals surface area contributed by atoms with Crippen LogP contribution in [0.5, 0.6) is 0 Å². The zero-order valence-corrected chi connectivity index (χ0v) is 12.1. The van der Waals surface area contributed by atoms with E-state index in [0.29, 0.717) is 37.9 Å². The zero-order valence-electron chi connectivity index (χ0n) is 12.1. The Kier molecular flexibility index (Phi) is 7.39. The van der Waals surface area contributed by atoms with Crippen molar-refractivity contribution in [3.05, 3.63) is 35.6 Å². The second kappa shape index (κ2) is 9.07. The van der Waals surface area contributed by atoms with Gasteiger partial charge in [0.2, 0.25) is 5.91 Å². The molecule has 2 amide bonds. The minimum atomic E-state index is -0.430. The van der Waals surface area contributed by atoms with Crippen molar-refractivity contribution in [3.8, 4) is 0 Å². The van der Waals surface area contributed by atoms with Crippen molar-refractivity contribution in [1.82, 2.24) is 10.6 Å². The fraction of sp³-hybridized carbons (Fsp3) is 0.467. The third-order valence-corrected chi connectivity index (χ3v) is 2.86. The van der Waals surface area contributed by atoms with Gasteiger partial charge < -0.3 is 15.7 Å². The molecule has 0 aromatic heterocycles. The number of amides is 2. The first kappa shape index (κ1) is 17.1. The van der Waals surface area contributed by atoms with Gasteiger partial charge in [0, 0.05) is 25.1 Å². The van der Waals surface area contributed by atoms with Gasteiger partial charge in [-0.05, 0) is 44.0 Å². The van der Waals surface area contributed by atoms with Gasteiger partial charge >= 0.3 is 0 Å². The van der Waals surface area contributed by atoms with Crippen LogP contribution in [0.25, 0.3) is 0 Å². The Morgan fingerprint density at radius 2 is 1.86 bits per heavy atom. The van der Waals surface area contributed by atoms with E-state index in [1.807, 2.05) is 0 Å². The third kappa shape index (κ3) is 7.41. The highest BCUT2D eigenvalue weighted by atomic mass is 19.1. The van der Waals surface area contributed by atoms with E-state index in [4.69, 9.17) is 5.11 Å². The number of hydrogen-bond donors (Lipinski definition) is 3. The molecule has 0 bridgehead atoms. The maximum absolute atomic E-state index is 12.7. The second-order valence-electron chi connectivity index (χ2n) is 4.85. The molecule has 0 heterocycles. The molecule has 0 radical (unpaired) electrons. The molecule has 0 aliphatic rings. The van der Waals surface area contributed by atoms with Crippen molar-refractivity contribution in [1.29, 1.82) is 0 Å². The highest BCUT2D eigenvalue weighted by Crippen LogP contribution is 2.02. The first-order valence-corrected chi connectivity index (χ1v) is 6.97. The third-order valence-electron chi connectivity index (χ3n) is 2.86. The number of aliphatic hydroxyl groups is 1. The Labute approximate surface area is 123 Å². The quantitative estimate of drug-likeness (QED) is 0.631. The van der Waals surface area contributed by atoms with Gasteiger partial charge in [0.15, 0.2) is 0 Å². The average molecular weight is 296 g/mol. The largest absolute Gasteiger partial charge is 0.393 e. The minimum absolute atomic E-state index is 0.105. The monoisotopic (exact) mass is 296 g/mol. The molecule has 5 nitrogen and oxygen atoms in total. The predicted molar refractivity (Wildman–Crippen MR) is 77.3 cm³/mol. The van der Waals surface area contributed by atoms with Crippen LogP contribution in [0, 0.1) is 5.82 Å². The first-order chi connectivity index (χ1) is 9.99. The summed E-state index contributed by atoms with van der Waals surface area (Å²) < 4.78 is 12.7. The van der Waals surface area contributed by atoms with Crippen LogP contribution in [0.2, 0.25) is 0 Å². The Morgan fingerprint density at radius 1 is 1.19 bits per heavy atom. The molecule has 6 heteroatoms. The number of aliphatic hydroxyl groups excluding tert-OH is 1. The van der Waals surface area contributed by atoms with Crippen LogP contribution in [0.15, 0.2) is 24.3 Å². The van der Waals surface area contributed by atoms with Crippen LogP contribution in [0.1, 0.15) is 36.5 Å². The van der Waals surface area contributed by atoms with Gasteiger partial charge in [0.05, 0.1) is 6.10 Å². The molecule has 0 aliphatic carbocycles. The highest BCUT2D eigenvalue weighted by Gasteiger charge is 2.06. The molecule has 1 unspecified atom stereocenters. The van der Waals surface area contributed by atoms with Gasteiger partial charge in [-0.2, -0.15) is 0 Å². The lowest BCUT2D eigenvalue weighted by Crippen LogP contribution is -2.28. The van der Waals surface area contributed by atoms with E-state index >= 15 is 0 Å². The van der Waals surface area contributed by atoms with Crippen LogP contribution in [-0.4, -0.2) is 36.1 Å². The fourth-order valence-electron chi connectivity index (χ4n) is 1.66. The number of carbonyl (C=O) groups excluding carboxylic acids is 2. The molecular formula is C15H21FN2O3. The van der Waals surface area contributed by atoms with E-state index in [0.717, 1.165) is 0 Å². The summed E-state index contributed by atoms with van der Waals surface area (Å²) in [4.78, 5) is 23.1. The molecule has 3 N–H and O–H groups in total. The lowest BCUT2D eigenvalue weighted by Gasteiger charge is -2.07. The van der Waals surface area contributed by atoms with Crippen LogP contribution in [0.4, 0.5) is 4.39 Å². The summed E-state index contributed by atoms with van der Waals surface area (Å²) in [6.45, 7) is 2.48. The first-order valence-electron chi connectivity index (χ1n) is 6.97. The Bertz CT molecular complexity index is 460. The summed E-state index contributed by atoms with van der Waals surface area (Å²) in [6, 6.07) is 5.27. The Balaban J connectivity index is 2.14. The smallest absolute Gasteiger partial charge is 0.251 e. The van der Waals surface area contributed by atoms with E-state index in [-0.39, 0.29) is 17.6 Å². The number of hydrogen-bond acceptors (Lipinski definition) is 3. The van der Waals surface area contributed by atoms with Crippen molar-refractivity contribution in [2.24, 2.45) is 0 Å². The SMILES string of the molecule is CC(O)CCNC(=O)CCCNC(=O)c1ccc(F)cc1. The lowest BCUT2D eigenvalue weighted by atomic mass is 10.2.